The standard InChI is InChI=1S/C16H20N2O/c1-16(2,17)11-13-6-4-5-7-14(13)12-8-9-18-15(10-12)19-3/h4-10H,11,17H2,1-3H3. The Morgan fingerprint density at radius 1 is 1.21 bits per heavy atom. The molecule has 0 saturated carbocycles. The van der Waals surface area contributed by atoms with Gasteiger partial charge in [0.15, 0.2) is 0 Å². The molecule has 0 aliphatic carbocycles. The molecular formula is C16H20N2O. The summed E-state index contributed by atoms with van der Waals surface area (Å²) in [7, 11) is 1.63. The summed E-state index contributed by atoms with van der Waals surface area (Å²) in [6.45, 7) is 4.08. The molecule has 2 rings (SSSR count). The highest BCUT2D eigenvalue weighted by atomic mass is 16.5. The van der Waals surface area contributed by atoms with Gasteiger partial charge in [-0.15, -0.1) is 0 Å². The fraction of sp³-hybridized carbons (Fsp3) is 0.312. The van der Waals surface area contributed by atoms with E-state index in [-0.39, 0.29) is 5.54 Å². The van der Waals surface area contributed by atoms with Crippen LogP contribution < -0.4 is 10.5 Å². The highest BCUT2D eigenvalue weighted by Crippen LogP contribution is 2.27. The highest BCUT2D eigenvalue weighted by molar-refractivity contribution is 5.68. The van der Waals surface area contributed by atoms with Crippen molar-refractivity contribution in [3.05, 3.63) is 48.2 Å². The molecule has 0 saturated heterocycles. The molecule has 0 aliphatic rings. The SMILES string of the molecule is COc1cc(-c2ccccc2CC(C)(C)N)ccn1. The van der Waals surface area contributed by atoms with E-state index in [1.54, 1.807) is 13.3 Å². The van der Waals surface area contributed by atoms with Gasteiger partial charge >= 0.3 is 0 Å². The van der Waals surface area contributed by atoms with Crippen LogP contribution in [-0.4, -0.2) is 17.6 Å². The summed E-state index contributed by atoms with van der Waals surface area (Å²) < 4.78 is 5.18. The minimum atomic E-state index is -0.229. The average Bonchev–Trinajstić information content (AvgIpc) is 2.37. The quantitative estimate of drug-likeness (QED) is 0.914. The highest BCUT2D eigenvalue weighted by Gasteiger charge is 2.15. The number of nitrogens with zero attached hydrogens (tertiary/aromatic N) is 1. The van der Waals surface area contributed by atoms with Gasteiger partial charge in [0.25, 0.3) is 0 Å². The Balaban J connectivity index is 2.44. The molecular weight excluding hydrogens is 236 g/mol. The molecule has 0 bridgehead atoms. The van der Waals surface area contributed by atoms with E-state index in [1.165, 1.54) is 11.1 Å². The number of nitrogens with two attached hydrogens (primary N) is 1. The van der Waals surface area contributed by atoms with E-state index in [9.17, 15) is 0 Å². The molecule has 2 N–H and O–H groups in total. The van der Waals surface area contributed by atoms with Crippen molar-refractivity contribution in [2.45, 2.75) is 25.8 Å². The molecule has 0 spiro atoms. The molecule has 0 unspecified atom stereocenters. The maximum absolute atomic E-state index is 6.13. The van der Waals surface area contributed by atoms with Crippen LogP contribution >= 0.6 is 0 Å². The number of rotatable bonds is 4. The third kappa shape index (κ3) is 3.55. The van der Waals surface area contributed by atoms with Crippen LogP contribution in [0, 0.1) is 0 Å². The molecule has 1 heterocycles. The summed E-state index contributed by atoms with van der Waals surface area (Å²) in [6, 6.07) is 12.2. The van der Waals surface area contributed by atoms with Crippen LogP contribution in [0.1, 0.15) is 19.4 Å². The first-order chi connectivity index (χ1) is 8.99. The van der Waals surface area contributed by atoms with Crippen molar-refractivity contribution in [3.8, 4) is 17.0 Å². The predicted molar refractivity (Wildman–Crippen MR) is 78.2 cm³/mol. The topological polar surface area (TPSA) is 48.1 Å². The second-order valence-corrected chi connectivity index (χ2v) is 5.41. The van der Waals surface area contributed by atoms with Gasteiger partial charge < -0.3 is 10.5 Å². The lowest BCUT2D eigenvalue weighted by Crippen LogP contribution is -2.34. The van der Waals surface area contributed by atoms with Crippen LogP contribution in [0.3, 0.4) is 0 Å². The molecule has 1 aromatic heterocycles. The fourth-order valence-corrected chi connectivity index (χ4v) is 2.14. The third-order valence-electron chi connectivity index (χ3n) is 2.92. The van der Waals surface area contributed by atoms with Crippen LogP contribution in [0.25, 0.3) is 11.1 Å². The van der Waals surface area contributed by atoms with Crippen LogP contribution in [0.2, 0.25) is 0 Å². The third-order valence-corrected chi connectivity index (χ3v) is 2.92. The van der Waals surface area contributed by atoms with Crippen LogP contribution in [0.4, 0.5) is 0 Å². The largest absolute Gasteiger partial charge is 0.481 e. The Bertz CT molecular complexity index is 559. The molecule has 3 nitrogen and oxygen atoms in total. The summed E-state index contributed by atoms with van der Waals surface area (Å²) in [5.74, 6) is 0.624. The van der Waals surface area contributed by atoms with Gasteiger partial charge in [-0.1, -0.05) is 24.3 Å². The lowest BCUT2D eigenvalue weighted by atomic mass is 9.90. The van der Waals surface area contributed by atoms with Gasteiger partial charge in [-0.05, 0) is 43.0 Å². The Morgan fingerprint density at radius 2 is 1.95 bits per heavy atom. The van der Waals surface area contributed by atoms with Gasteiger partial charge in [-0.25, -0.2) is 4.98 Å². The Hall–Kier alpha value is -1.87. The smallest absolute Gasteiger partial charge is 0.213 e. The lowest BCUT2D eigenvalue weighted by molar-refractivity contribution is 0.398. The summed E-state index contributed by atoms with van der Waals surface area (Å²) in [4.78, 5) is 4.14. The number of hydrogen-bond acceptors (Lipinski definition) is 3. The normalized spacial score (nSPS) is 11.4. The summed E-state index contributed by atoms with van der Waals surface area (Å²) in [6.07, 6.45) is 2.59. The van der Waals surface area contributed by atoms with Crippen LogP contribution in [-0.2, 0) is 6.42 Å². The molecule has 19 heavy (non-hydrogen) atoms. The van der Waals surface area contributed by atoms with Gasteiger partial charge in [0, 0.05) is 17.8 Å². The second kappa shape index (κ2) is 5.41. The Labute approximate surface area is 114 Å². The van der Waals surface area contributed by atoms with E-state index in [0.29, 0.717) is 5.88 Å². The molecule has 100 valence electrons. The van der Waals surface area contributed by atoms with Crippen molar-refractivity contribution >= 4 is 0 Å². The number of methoxy groups -OCH3 is 1. The van der Waals surface area contributed by atoms with Crippen molar-refractivity contribution in [3.63, 3.8) is 0 Å². The van der Waals surface area contributed by atoms with E-state index in [4.69, 9.17) is 10.5 Å². The molecule has 3 heteroatoms. The van der Waals surface area contributed by atoms with Gasteiger partial charge in [0.05, 0.1) is 7.11 Å². The van der Waals surface area contributed by atoms with Crippen molar-refractivity contribution in [1.82, 2.24) is 4.98 Å². The number of ether oxygens (including phenoxy) is 1. The monoisotopic (exact) mass is 256 g/mol. The van der Waals surface area contributed by atoms with E-state index in [0.717, 1.165) is 12.0 Å². The van der Waals surface area contributed by atoms with Crippen LogP contribution in [0.15, 0.2) is 42.6 Å². The van der Waals surface area contributed by atoms with E-state index in [2.05, 4.69) is 17.1 Å². The number of aromatic nitrogens is 1. The fourth-order valence-electron chi connectivity index (χ4n) is 2.14. The van der Waals surface area contributed by atoms with Gasteiger partial charge in [0.1, 0.15) is 0 Å². The zero-order valence-corrected chi connectivity index (χ0v) is 11.7. The molecule has 0 radical (unpaired) electrons. The first-order valence-electron chi connectivity index (χ1n) is 6.37. The summed E-state index contributed by atoms with van der Waals surface area (Å²) in [5, 5.41) is 0. The van der Waals surface area contributed by atoms with Crippen molar-refractivity contribution in [1.29, 1.82) is 0 Å². The zero-order valence-electron chi connectivity index (χ0n) is 11.7. The summed E-state index contributed by atoms with van der Waals surface area (Å²) in [5.41, 5.74) is 9.43. The number of pyridine rings is 1. The zero-order chi connectivity index (χ0) is 13.9. The van der Waals surface area contributed by atoms with Gasteiger partial charge in [-0.2, -0.15) is 0 Å². The number of benzene rings is 1. The van der Waals surface area contributed by atoms with Crippen molar-refractivity contribution < 1.29 is 4.74 Å². The van der Waals surface area contributed by atoms with Gasteiger partial charge in [-0.3, -0.25) is 0 Å². The lowest BCUT2D eigenvalue weighted by Gasteiger charge is -2.20. The minimum absolute atomic E-state index is 0.229. The Kier molecular flexibility index (Phi) is 3.86. The van der Waals surface area contributed by atoms with Crippen LogP contribution in [0.5, 0.6) is 5.88 Å². The molecule has 0 amide bonds. The van der Waals surface area contributed by atoms with Crippen molar-refractivity contribution in [2.75, 3.05) is 7.11 Å². The Morgan fingerprint density at radius 3 is 2.63 bits per heavy atom. The molecule has 0 aliphatic heterocycles. The van der Waals surface area contributed by atoms with Gasteiger partial charge in [0.2, 0.25) is 5.88 Å². The number of hydrogen-bond donors (Lipinski definition) is 1. The maximum Gasteiger partial charge on any atom is 0.213 e. The first-order valence-corrected chi connectivity index (χ1v) is 6.37. The maximum atomic E-state index is 6.13. The van der Waals surface area contributed by atoms with E-state index in [1.807, 2.05) is 38.1 Å². The predicted octanol–water partition coefficient (Wildman–Crippen LogP) is 3.04. The van der Waals surface area contributed by atoms with Crippen molar-refractivity contribution in [2.24, 2.45) is 5.73 Å². The molecule has 0 atom stereocenters. The molecule has 2 aromatic rings. The molecule has 0 fully saturated rings. The summed E-state index contributed by atoms with van der Waals surface area (Å²) >= 11 is 0. The van der Waals surface area contributed by atoms with E-state index < -0.39 is 0 Å². The van der Waals surface area contributed by atoms with E-state index >= 15 is 0 Å². The second-order valence-electron chi connectivity index (χ2n) is 5.41. The first kappa shape index (κ1) is 13.6. The minimum Gasteiger partial charge on any atom is -0.481 e. The average molecular weight is 256 g/mol. The molecule has 1 aromatic carbocycles.